The number of carbonyl (C=O) groups excluding carboxylic acids is 1. The molecular formula is C22H24FN3O4S2. The maximum Gasteiger partial charge on any atom is 0.257 e. The van der Waals surface area contributed by atoms with Crippen molar-refractivity contribution in [3.8, 4) is 0 Å². The highest BCUT2D eigenvalue weighted by Crippen LogP contribution is 2.26. The van der Waals surface area contributed by atoms with Crippen LogP contribution in [0.2, 0.25) is 0 Å². The van der Waals surface area contributed by atoms with E-state index < -0.39 is 15.9 Å². The van der Waals surface area contributed by atoms with Gasteiger partial charge in [0, 0.05) is 30.5 Å². The van der Waals surface area contributed by atoms with Gasteiger partial charge in [-0.05, 0) is 49.2 Å². The molecule has 0 aliphatic carbocycles. The number of halogens is 1. The number of hydrogen-bond donors (Lipinski definition) is 2. The van der Waals surface area contributed by atoms with Crippen molar-refractivity contribution < 1.29 is 22.3 Å². The number of ether oxygens (including phenoxy) is 1. The zero-order chi connectivity index (χ0) is 23.3. The summed E-state index contributed by atoms with van der Waals surface area (Å²) >= 11 is 1.33. The molecule has 3 aromatic rings. The van der Waals surface area contributed by atoms with E-state index in [4.69, 9.17) is 4.74 Å². The van der Waals surface area contributed by atoms with Crippen molar-refractivity contribution in [2.24, 2.45) is 0 Å². The molecule has 0 radical (unpaired) electrons. The van der Waals surface area contributed by atoms with Gasteiger partial charge in [-0.15, -0.1) is 11.3 Å². The third-order valence-electron chi connectivity index (χ3n) is 4.75. The third kappa shape index (κ3) is 5.98. The number of aromatic nitrogens is 1. The minimum Gasteiger partial charge on any atom is -0.383 e. The van der Waals surface area contributed by atoms with Crippen LogP contribution in [0.4, 0.5) is 9.52 Å². The van der Waals surface area contributed by atoms with Crippen LogP contribution in [0.1, 0.15) is 32.1 Å². The minimum atomic E-state index is -3.77. The molecule has 0 spiro atoms. The molecule has 1 heterocycles. The van der Waals surface area contributed by atoms with Crippen molar-refractivity contribution in [1.29, 1.82) is 0 Å². The predicted molar refractivity (Wildman–Crippen MR) is 122 cm³/mol. The molecule has 10 heteroatoms. The molecule has 1 amide bonds. The average Bonchev–Trinajstić information content (AvgIpc) is 3.08. The highest BCUT2D eigenvalue weighted by atomic mass is 32.2. The van der Waals surface area contributed by atoms with E-state index in [9.17, 15) is 17.6 Å². The molecule has 7 nitrogen and oxygen atoms in total. The maximum atomic E-state index is 13.1. The summed E-state index contributed by atoms with van der Waals surface area (Å²) in [6, 6.07) is 10.6. The van der Waals surface area contributed by atoms with E-state index in [0.717, 1.165) is 16.1 Å². The summed E-state index contributed by atoms with van der Waals surface area (Å²) in [5.74, 6) is -0.741. The fourth-order valence-corrected chi connectivity index (χ4v) is 5.00. The Balaban J connectivity index is 1.76. The molecule has 0 bridgehead atoms. The van der Waals surface area contributed by atoms with Gasteiger partial charge >= 0.3 is 0 Å². The summed E-state index contributed by atoms with van der Waals surface area (Å²) in [7, 11) is -2.29. The molecule has 0 fully saturated rings. The monoisotopic (exact) mass is 477 g/mol. The Hall–Kier alpha value is -2.66. The first-order valence-electron chi connectivity index (χ1n) is 9.81. The van der Waals surface area contributed by atoms with E-state index in [-0.39, 0.29) is 29.4 Å². The molecule has 0 unspecified atom stereocenters. The second kappa shape index (κ2) is 10.3. The number of carbonyl (C=O) groups is 1. The number of hydrogen-bond acceptors (Lipinski definition) is 6. The predicted octanol–water partition coefficient (Wildman–Crippen LogP) is 3.67. The molecule has 32 heavy (non-hydrogen) atoms. The van der Waals surface area contributed by atoms with Crippen molar-refractivity contribution in [3.63, 3.8) is 0 Å². The number of thiazole rings is 1. The van der Waals surface area contributed by atoms with Gasteiger partial charge in [0.05, 0.1) is 17.2 Å². The van der Waals surface area contributed by atoms with Crippen LogP contribution in [-0.2, 0) is 21.2 Å². The SMILES string of the molecule is COCCNS(=O)(=O)c1ccc(C)c(C(=O)Nc2nc(C)c(Cc3ccc(F)cc3)s2)c1. The minimum absolute atomic E-state index is 0.00308. The molecular weight excluding hydrogens is 453 g/mol. The highest BCUT2D eigenvalue weighted by Gasteiger charge is 2.19. The molecule has 0 aliphatic rings. The zero-order valence-corrected chi connectivity index (χ0v) is 19.6. The summed E-state index contributed by atoms with van der Waals surface area (Å²) in [6.45, 7) is 3.94. The van der Waals surface area contributed by atoms with Gasteiger partial charge in [-0.3, -0.25) is 10.1 Å². The Morgan fingerprint density at radius 2 is 1.88 bits per heavy atom. The fraction of sp³-hybridized carbons (Fsp3) is 0.273. The van der Waals surface area contributed by atoms with Crippen LogP contribution >= 0.6 is 11.3 Å². The largest absolute Gasteiger partial charge is 0.383 e. The van der Waals surface area contributed by atoms with Gasteiger partial charge in [0.1, 0.15) is 5.82 Å². The lowest BCUT2D eigenvalue weighted by Gasteiger charge is -2.10. The lowest BCUT2D eigenvalue weighted by atomic mass is 10.1. The summed E-state index contributed by atoms with van der Waals surface area (Å²) in [6.07, 6.45) is 0.569. The molecule has 0 aliphatic heterocycles. The van der Waals surface area contributed by atoms with Gasteiger partial charge in [0.15, 0.2) is 5.13 Å². The Morgan fingerprint density at radius 3 is 2.56 bits per heavy atom. The second-order valence-electron chi connectivity index (χ2n) is 7.15. The molecule has 3 rings (SSSR count). The summed E-state index contributed by atoms with van der Waals surface area (Å²) in [4.78, 5) is 18.2. The number of benzene rings is 2. The Bertz CT molecular complexity index is 1210. The van der Waals surface area contributed by atoms with Crippen molar-refractivity contribution in [2.75, 3.05) is 25.6 Å². The van der Waals surface area contributed by atoms with E-state index in [1.807, 2.05) is 6.92 Å². The first-order chi connectivity index (χ1) is 15.2. The van der Waals surface area contributed by atoms with Gasteiger partial charge in [0.25, 0.3) is 5.91 Å². The summed E-state index contributed by atoms with van der Waals surface area (Å²) < 4.78 is 45.3. The smallest absolute Gasteiger partial charge is 0.257 e. The zero-order valence-electron chi connectivity index (χ0n) is 17.9. The van der Waals surface area contributed by atoms with Crippen LogP contribution < -0.4 is 10.0 Å². The summed E-state index contributed by atoms with van der Waals surface area (Å²) in [5.41, 5.74) is 2.58. The van der Waals surface area contributed by atoms with Crippen molar-refractivity contribution >= 4 is 32.4 Å². The Morgan fingerprint density at radius 1 is 1.16 bits per heavy atom. The van der Waals surface area contributed by atoms with Gasteiger partial charge < -0.3 is 4.74 Å². The van der Waals surface area contributed by atoms with Crippen molar-refractivity contribution in [3.05, 3.63) is 75.5 Å². The number of nitrogens with zero attached hydrogens (tertiary/aromatic N) is 1. The first kappa shape index (κ1) is 24.0. The van der Waals surface area contributed by atoms with Crippen molar-refractivity contribution in [1.82, 2.24) is 9.71 Å². The molecule has 0 saturated carbocycles. The first-order valence-corrected chi connectivity index (χ1v) is 12.1. The lowest BCUT2D eigenvalue weighted by Crippen LogP contribution is -2.27. The van der Waals surface area contributed by atoms with E-state index >= 15 is 0 Å². The van der Waals surface area contributed by atoms with E-state index in [2.05, 4.69) is 15.0 Å². The van der Waals surface area contributed by atoms with Crippen LogP contribution in [0.5, 0.6) is 0 Å². The number of rotatable bonds is 9. The Labute approximate surface area is 190 Å². The molecule has 0 saturated heterocycles. The number of nitrogens with one attached hydrogen (secondary N) is 2. The van der Waals surface area contributed by atoms with E-state index in [1.165, 1.54) is 42.7 Å². The fourth-order valence-electron chi connectivity index (χ4n) is 2.97. The molecule has 170 valence electrons. The second-order valence-corrected chi connectivity index (χ2v) is 10.0. The maximum absolute atomic E-state index is 13.1. The summed E-state index contributed by atoms with van der Waals surface area (Å²) in [5, 5.41) is 3.17. The highest BCUT2D eigenvalue weighted by molar-refractivity contribution is 7.89. The average molecular weight is 478 g/mol. The van der Waals surface area contributed by atoms with Gasteiger partial charge in [0.2, 0.25) is 10.0 Å². The van der Waals surface area contributed by atoms with Crippen molar-refractivity contribution in [2.45, 2.75) is 25.2 Å². The molecule has 2 aromatic carbocycles. The van der Waals surface area contributed by atoms with Crippen LogP contribution in [0.15, 0.2) is 47.4 Å². The van der Waals surface area contributed by atoms with E-state index in [0.29, 0.717) is 17.1 Å². The van der Waals surface area contributed by atoms with Crippen LogP contribution in [0.3, 0.4) is 0 Å². The third-order valence-corrected chi connectivity index (χ3v) is 7.28. The number of sulfonamides is 1. The van der Waals surface area contributed by atoms with Gasteiger partial charge in [-0.1, -0.05) is 18.2 Å². The van der Waals surface area contributed by atoms with Gasteiger partial charge in [-0.2, -0.15) is 0 Å². The Kier molecular flexibility index (Phi) is 7.73. The molecule has 2 N–H and O–H groups in total. The number of amides is 1. The van der Waals surface area contributed by atoms with Crippen LogP contribution in [0, 0.1) is 19.7 Å². The normalized spacial score (nSPS) is 11.5. The van der Waals surface area contributed by atoms with Crippen LogP contribution in [0.25, 0.3) is 0 Å². The number of aryl methyl sites for hydroxylation is 2. The number of anilines is 1. The lowest BCUT2D eigenvalue weighted by molar-refractivity contribution is 0.102. The van der Waals surface area contributed by atoms with Crippen LogP contribution in [-0.4, -0.2) is 39.6 Å². The van der Waals surface area contributed by atoms with E-state index in [1.54, 1.807) is 25.1 Å². The number of methoxy groups -OCH3 is 1. The topological polar surface area (TPSA) is 97.4 Å². The quantitative estimate of drug-likeness (QED) is 0.459. The molecule has 1 aromatic heterocycles. The molecule has 0 atom stereocenters. The standard InChI is InChI=1S/C22H24FN3O4S2/c1-14-4-9-18(32(28,29)24-10-11-30-3)13-19(14)21(27)26-22-25-15(2)20(31-22)12-16-5-7-17(23)8-6-16/h4-9,13,24H,10-12H2,1-3H3,(H,25,26,27). The van der Waals surface area contributed by atoms with Gasteiger partial charge in [-0.25, -0.2) is 22.5 Å².